The first-order valence-electron chi connectivity index (χ1n) is 6.78. The lowest BCUT2D eigenvalue weighted by atomic mass is 10.2. The van der Waals surface area contributed by atoms with E-state index in [1.165, 1.54) is 19.2 Å². The summed E-state index contributed by atoms with van der Waals surface area (Å²) in [5.41, 5.74) is 1.70. The normalized spacial score (nSPS) is 11.2. The number of rotatable bonds is 4. The van der Waals surface area contributed by atoms with Gasteiger partial charge in [-0.1, -0.05) is 6.07 Å². The molecule has 0 spiro atoms. The quantitative estimate of drug-likeness (QED) is 0.414. The molecular weight excluding hydrogens is 298 g/mol. The number of fused-ring (bicyclic) bond motifs is 1. The zero-order chi connectivity index (χ0) is 16.4. The highest BCUT2D eigenvalue weighted by Gasteiger charge is 2.15. The van der Waals surface area contributed by atoms with Crippen LogP contribution in [-0.2, 0) is 0 Å². The van der Waals surface area contributed by atoms with Crippen LogP contribution >= 0.6 is 0 Å². The standard InChI is InChI=1S/C15H13N5O3/c1-10-15(19-8-4-3-5-14(19)16-10)18-17-11-6-7-13(23-2)12(9-11)20(21)22/h3-9H,1-2H3. The van der Waals surface area contributed by atoms with Gasteiger partial charge in [0, 0.05) is 12.3 Å². The summed E-state index contributed by atoms with van der Waals surface area (Å²) in [7, 11) is 1.38. The fraction of sp³-hybridized carbons (Fsp3) is 0.133. The van der Waals surface area contributed by atoms with Gasteiger partial charge in [0.1, 0.15) is 5.65 Å². The van der Waals surface area contributed by atoms with Crippen LogP contribution < -0.4 is 4.74 Å². The molecule has 8 nitrogen and oxygen atoms in total. The van der Waals surface area contributed by atoms with E-state index in [-0.39, 0.29) is 11.4 Å². The fourth-order valence-electron chi connectivity index (χ4n) is 2.21. The van der Waals surface area contributed by atoms with Crippen LogP contribution in [0, 0.1) is 17.0 Å². The number of nitro benzene ring substituents is 1. The van der Waals surface area contributed by atoms with E-state index in [1.54, 1.807) is 10.5 Å². The van der Waals surface area contributed by atoms with Gasteiger partial charge in [-0.05, 0) is 31.2 Å². The van der Waals surface area contributed by atoms with Gasteiger partial charge in [0.25, 0.3) is 0 Å². The second-order valence-electron chi connectivity index (χ2n) is 4.76. The summed E-state index contributed by atoms with van der Waals surface area (Å²) in [6.07, 6.45) is 1.83. The van der Waals surface area contributed by atoms with Gasteiger partial charge in [-0.25, -0.2) is 4.98 Å². The maximum atomic E-state index is 11.0. The van der Waals surface area contributed by atoms with E-state index in [0.29, 0.717) is 11.5 Å². The Morgan fingerprint density at radius 1 is 1.26 bits per heavy atom. The molecule has 3 aromatic rings. The SMILES string of the molecule is COc1ccc(N=Nc2c(C)nc3ccccn23)cc1[N+](=O)[O-]. The number of hydrogen-bond donors (Lipinski definition) is 0. The Hall–Kier alpha value is -3.29. The topological polar surface area (TPSA) is 94.4 Å². The number of aromatic nitrogens is 2. The minimum Gasteiger partial charge on any atom is -0.490 e. The van der Waals surface area contributed by atoms with Crippen LogP contribution in [0.5, 0.6) is 5.75 Å². The third kappa shape index (κ3) is 2.73. The van der Waals surface area contributed by atoms with E-state index < -0.39 is 4.92 Å². The van der Waals surface area contributed by atoms with E-state index in [1.807, 2.05) is 31.3 Å². The first kappa shape index (κ1) is 14.6. The monoisotopic (exact) mass is 311 g/mol. The molecule has 0 fully saturated rings. The minimum absolute atomic E-state index is 0.154. The second-order valence-corrected chi connectivity index (χ2v) is 4.76. The summed E-state index contributed by atoms with van der Waals surface area (Å²) >= 11 is 0. The molecule has 0 saturated heterocycles. The van der Waals surface area contributed by atoms with Crippen LogP contribution in [0.1, 0.15) is 5.69 Å². The number of nitrogens with zero attached hydrogens (tertiary/aromatic N) is 5. The number of aryl methyl sites for hydroxylation is 1. The Kier molecular flexibility index (Phi) is 3.71. The van der Waals surface area contributed by atoms with Crippen molar-refractivity contribution < 1.29 is 9.66 Å². The Balaban J connectivity index is 2.01. The van der Waals surface area contributed by atoms with Crippen LogP contribution in [0.3, 0.4) is 0 Å². The van der Waals surface area contributed by atoms with Gasteiger partial charge < -0.3 is 4.74 Å². The summed E-state index contributed by atoms with van der Waals surface area (Å²) < 4.78 is 6.76. The molecule has 3 rings (SSSR count). The third-order valence-corrected chi connectivity index (χ3v) is 3.29. The Morgan fingerprint density at radius 2 is 2.09 bits per heavy atom. The average molecular weight is 311 g/mol. The van der Waals surface area contributed by atoms with E-state index in [9.17, 15) is 10.1 Å². The van der Waals surface area contributed by atoms with Crippen molar-refractivity contribution in [2.24, 2.45) is 10.2 Å². The van der Waals surface area contributed by atoms with E-state index >= 15 is 0 Å². The third-order valence-electron chi connectivity index (χ3n) is 3.29. The molecule has 0 saturated carbocycles. The van der Waals surface area contributed by atoms with Crippen LogP contribution in [-0.4, -0.2) is 21.4 Å². The Bertz CT molecular complexity index is 917. The van der Waals surface area contributed by atoms with E-state index in [0.717, 1.165) is 11.3 Å². The average Bonchev–Trinajstić information content (AvgIpc) is 2.88. The van der Waals surface area contributed by atoms with Gasteiger partial charge in [0.2, 0.25) is 0 Å². The molecule has 0 unspecified atom stereocenters. The highest BCUT2D eigenvalue weighted by atomic mass is 16.6. The number of methoxy groups -OCH3 is 1. The lowest BCUT2D eigenvalue weighted by Gasteiger charge is -2.01. The highest BCUT2D eigenvalue weighted by molar-refractivity contribution is 5.56. The molecule has 116 valence electrons. The van der Waals surface area contributed by atoms with Gasteiger partial charge in [-0.15, -0.1) is 10.2 Å². The molecule has 0 N–H and O–H groups in total. The molecule has 8 heteroatoms. The largest absolute Gasteiger partial charge is 0.490 e. The van der Waals surface area contributed by atoms with E-state index in [4.69, 9.17) is 4.74 Å². The van der Waals surface area contributed by atoms with Crippen molar-refractivity contribution in [2.75, 3.05) is 7.11 Å². The summed E-state index contributed by atoms with van der Waals surface area (Å²) in [6, 6.07) is 10.0. The zero-order valence-corrected chi connectivity index (χ0v) is 12.5. The molecule has 0 aliphatic rings. The number of hydrogen-bond acceptors (Lipinski definition) is 6. The van der Waals surface area contributed by atoms with Crippen molar-refractivity contribution in [2.45, 2.75) is 6.92 Å². The molecule has 0 aliphatic heterocycles. The van der Waals surface area contributed by atoms with Gasteiger partial charge >= 0.3 is 5.69 Å². The summed E-state index contributed by atoms with van der Waals surface area (Å²) in [6.45, 7) is 1.83. The summed E-state index contributed by atoms with van der Waals surface area (Å²) in [4.78, 5) is 14.9. The van der Waals surface area contributed by atoms with Crippen molar-refractivity contribution in [3.05, 3.63) is 58.4 Å². The maximum Gasteiger partial charge on any atom is 0.313 e. The number of azo groups is 1. The van der Waals surface area contributed by atoms with Crippen LogP contribution in [0.4, 0.5) is 17.2 Å². The van der Waals surface area contributed by atoms with Gasteiger partial charge in [-0.3, -0.25) is 14.5 Å². The van der Waals surface area contributed by atoms with Crippen molar-refractivity contribution >= 4 is 22.8 Å². The van der Waals surface area contributed by atoms with E-state index in [2.05, 4.69) is 15.2 Å². The highest BCUT2D eigenvalue weighted by Crippen LogP contribution is 2.32. The Labute approximate surface area is 131 Å². The molecule has 0 atom stereocenters. The van der Waals surface area contributed by atoms with Crippen LogP contribution in [0.15, 0.2) is 52.8 Å². The molecule has 23 heavy (non-hydrogen) atoms. The smallest absolute Gasteiger partial charge is 0.313 e. The van der Waals surface area contributed by atoms with Crippen molar-refractivity contribution in [1.29, 1.82) is 0 Å². The molecular formula is C15H13N5O3. The lowest BCUT2D eigenvalue weighted by Crippen LogP contribution is -1.92. The second kappa shape index (κ2) is 5.84. The fourth-order valence-corrected chi connectivity index (χ4v) is 2.21. The molecule has 0 amide bonds. The van der Waals surface area contributed by atoms with Crippen molar-refractivity contribution in [3.63, 3.8) is 0 Å². The van der Waals surface area contributed by atoms with Crippen molar-refractivity contribution in [1.82, 2.24) is 9.38 Å². The number of imidazole rings is 1. The predicted molar refractivity (Wildman–Crippen MR) is 83.8 cm³/mol. The first-order valence-corrected chi connectivity index (χ1v) is 6.78. The summed E-state index contributed by atoms with van der Waals surface area (Å²) in [5, 5.41) is 19.3. The van der Waals surface area contributed by atoms with Crippen LogP contribution in [0.2, 0.25) is 0 Å². The number of benzene rings is 1. The minimum atomic E-state index is -0.517. The lowest BCUT2D eigenvalue weighted by molar-refractivity contribution is -0.385. The zero-order valence-electron chi connectivity index (χ0n) is 12.5. The van der Waals surface area contributed by atoms with Gasteiger partial charge in [0.05, 0.1) is 23.4 Å². The molecule has 1 aromatic carbocycles. The molecule has 0 radical (unpaired) electrons. The maximum absolute atomic E-state index is 11.0. The predicted octanol–water partition coefficient (Wildman–Crippen LogP) is 3.97. The molecule has 0 aliphatic carbocycles. The number of pyridine rings is 1. The van der Waals surface area contributed by atoms with Gasteiger partial charge in [-0.2, -0.15) is 0 Å². The Morgan fingerprint density at radius 3 is 2.83 bits per heavy atom. The first-order chi connectivity index (χ1) is 11.1. The summed E-state index contributed by atoms with van der Waals surface area (Å²) in [5.74, 6) is 0.763. The van der Waals surface area contributed by atoms with Crippen molar-refractivity contribution in [3.8, 4) is 5.75 Å². The molecule has 0 bridgehead atoms. The molecule has 2 aromatic heterocycles. The number of nitro groups is 1. The number of ether oxygens (including phenoxy) is 1. The van der Waals surface area contributed by atoms with Crippen LogP contribution in [0.25, 0.3) is 5.65 Å². The molecule has 2 heterocycles. The van der Waals surface area contributed by atoms with Gasteiger partial charge in [0.15, 0.2) is 11.6 Å².